The number of anilines is 1. The van der Waals surface area contributed by atoms with E-state index in [2.05, 4.69) is 74.6 Å². The number of nitrogens with one attached hydrogen (secondary N) is 1. The summed E-state index contributed by atoms with van der Waals surface area (Å²) < 4.78 is 3.55. The molecule has 1 aliphatic heterocycles. The van der Waals surface area contributed by atoms with Crippen LogP contribution in [0.15, 0.2) is 84.2 Å². The van der Waals surface area contributed by atoms with E-state index in [1.165, 1.54) is 0 Å². The molecule has 8 heteroatoms. The van der Waals surface area contributed by atoms with Crippen molar-refractivity contribution in [1.82, 2.24) is 24.3 Å². The van der Waals surface area contributed by atoms with Crippen LogP contribution in [0, 0.1) is 11.3 Å². The number of likely N-dealkylation sites (tertiary alicyclic amines) is 1. The Balaban J connectivity index is 1.39. The first-order chi connectivity index (χ1) is 18.1. The smallest absolute Gasteiger partial charge is 0.127 e. The molecule has 1 saturated heterocycles. The molecule has 1 N–H and O–H groups in total. The lowest BCUT2D eigenvalue weighted by Crippen LogP contribution is -2.38. The van der Waals surface area contributed by atoms with Crippen LogP contribution in [0.5, 0.6) is 0 Å². The van der Waals surface area contributed by atoms with E-state index in [0.29, 0.717) is 11.6 Å². The van der Waals surface area contributed by atoms with Gasteiger partial charge in [-0.15, -0.1) is 0 Å². The molecule has 3 aromatic heterocycles. The lowest BCUT2D eigenvalue weighted by atomic mass is 10.0. The highest BCUT2D eigenvalue weighted by Gasteiger charge is 2.20. The quantitative estimate of drug-likeness (QED) is 0.287. The molecule has 4 aromatic rings. The van der Waals surface area contributed by atoms with E-state index in [4.69, 9.17) is 0 Å². The van der Waals surface area contributed by atoms with E-state index in [1.807, 2.05) is 44.7 Å². The van der Waals surface area contributed by atoms with Crippen LogP contribution in [0.1, 0.15) is 30.9 Å². The van der Waals surface area contributed by atoms with Gasteiger partial charge >= 0.3 is 0 Å². The summed E-state index contributed by atoms with van der Waals surface area (Å²) in [4.78, 5) is 6.61. The Morgan fingerprint density at radius 2 is 1.89 bits per heavy atom. The van der Waals surface area contributed by atoms with Crippen LogP contribution in [0.4, 0.5) is 5.69 Å². The lowest BCUT2D eigenvalue weighted by Gasteiger charge is -2.34. The monoisotopic (exact) mass is 490 g/mol. The molecule has 37 heavy (non-hydrogen) atoms. The Labute approximate surface area is 216 Å². The van der Waals surface area contributed by atoms with Crippen molar-refractivity contribution in [2.24, 2.45) is 12.0 Å². The number of para-hydroxylation sites is 1. The van der Waals surface area contributed by atoms with Crippen molar-refractivity contribution in [2.75, 3.05) is 18.4 Å². The highest BCUT2D eigenvalue weighted by molar-refractivity contribution is 5.84. The maximum Gasteiger partial charge on any atom is 0.127 e. The minimum Gasteiger partial charge on any atom is -0.382 e. The molecule has 0 amide bonds. The van der Waals surface area contributed by atoms with Crippen LogP contribution in [-0.4, -0.2) is 50.1 Å². The number of nitrogens with zero attached hydrogens (tertiary/aromatic N) is 7. The molecule has 0 atom stereocenters. The summed E-state index contributed by atoms with van der Waals surface area (Å²) in [6.07, 6.45) is 13.5. The van der Waals surface area contributed by atoms with E-state index in [1.54, 1.807) is 15.4 Å². The number of hydrogen-bond acceptors (Lipinski definition) is 6. The SMILES string of the molecule is C=N/C(=C\C=C(/C)c1cc(-c2cnn(C)c2)cn2ncc(C#N)c12)N1CCC(Nc2ccccc2)CC1. The molecule has 0 bridgehead atoms. The van der Waals surface area contributed by atoms with Gasteiger partial charge in [-0.05, 0) is 56.3 Å². The summed E-state index contributed by atoms with van der Waals surface area (Å²) in [6, 6.07) is 15.2. The number of allylic oxidation sites excluding steroid dienone is 3. The van der Waals surface area contributed by atoms with Crippen molar-refractivity contribution in [3.8, 4) is 17.2 Å². The fourth-order valence-corrected chi connectivity index (χ4v) is 4.80. The van der Waals surface area contributed by atoms with Gasteiger partial charge in [0.15, 0.2) is 0 Å². The fraction of sp³-hybridized carbons (Fsp3) is 0.241. The molecule has 5 rings (SSSR count). The zero-order valence-electron chi connectivity index (χ0n) is 21.2. The molecule has 8 nitrogen and oxygen atoms in total. The fourth-order valence-electron chi connectivity index (χ4n) is 4.80. The molecule has 0 unspecified atom stereocenters. The number of hydrogen-bond donors (Lipinski definition) is 1. The topological polar surface area (TPSA) is 86.5 Å². The summed E-state index contributed by atoms with van der Waals surface area (Å²) in [7, 11) is 1.89. The Hall–Kier alpha value is -4.64. The average Bonchev–Trinajstić information content (AvgIpc) is 3.55. The van der Waals surface area contributed by atoms with E-state index >= 15 is 0 Å². The standard InChI is InChI=1S/C29H30N8/c1-21(9-10-28(31-2)36-13-11-26(12-14-36)34-25-7-5-4-6-8-25)27-15-22(24-18-32-35(3)19-24)20-37-29(27)23(16-30)17-33-37/h4-10,15,17-20,26,34H,2,11-14H2,1,3H3/b21-9+,28-10+. The Morgan fingerprint density at radius 3 is 2.57 bits per heavy atom. The molecular weight excluding hydrogens is 460 g/mol. The zero-order valence-corrected chi connectivity index (χ0v) is 21.2. The molecule has 0 aliphatic carbocycles. The number of rotatable bonds is 7. The second kappa shape index (κ2) is 10.5. The van der Waals surface area contributed by atoms with E-state index in [-0.39, 0.29) is 0 Å². The molecule has 0 radical (unpaired) electrons. The van der Waals surface area contributed by atoms with Crippen molar-refractivity contribution in [3.63, 3.8) is 0 Å². The summed E-state index contributed by atoms with van der Waals surface area (Å²) in [5.41, 5.74) is 6.42. The van der Waals surface area contributed by atoms with Crippen LogP contribution in [0.2, 0.25) is 0 Å². The minimum atomic E-state index is 0.441. The van der Waals surface area contributed by atoms with Crippen molar-refractivity contribution in [2.45, 2.75) is 25.8 Å². The molecule has 186 valence electrons. The third-order valence-corrected chi connectivity index (χ3v) is 6.80. The molecule has 1 aliphatic rings. The molecule has 0 spiro atoms. The maximum absolute atomic E-state index is 9.68. The first-order valence-electron chi connectivity index (χ1n) is 12.4. The first-order valence-corrected chi connectivity index (χ1v) is 12.4. The van der Waals surface area contributed by atoms with Crippen LogP contribution in [0.25, 0.3) is 22.2 Å². The van der Waals surface area contributed by atoms with Gasteiger partial charge in [0, 0.05) is 61.0 Å². The van der Waals surface area contributed by atoms with Gasteiger partial charge in [0.25, 0.3) is 0 Å². The van der Waals surface area contributed by atoms with Gasteiger partial charge in [-0.1, -0.05) is 24.3 Å². The van der Waals surface area contributed by atoms with E-state index < -0.39 is 0 Å². The molecule has 0 saturated carbocycles. The van der Waals surface area contributed by atoms with Crippen LogP contribution in [0.3, 0.4) is 0 Å². The van der Waals surface area contributed by atoms with Gasteiger partial charge in [-0.25, -0.2) is 9.51 Å². The number of pyridine rings is 1. The third kappa shape index (κ3) is 5.16. The third-order valence-electron chi connectivity index (χ3n) is 6.80. The van der Waals surface area contributed by atoms with Gasteiger partial charge < -0.3 is 10.2 Å². The lowest BCUT2D eigenvalue weighted by molar-refractivity contribution is 0.270. The summed E-state index contributed by atoms with van der Waals surface area (Å²) in [5.74, 6) is 0.853. The molecule has 4 heterocycles. The minimum absolute atomic E-state index is 0.441. The van der Waals surface area contributed by atoms with Crippen molar-refractivity contribution >= 4 is 23.5 Å². The second-order valence-corrected chi connectivity index (χ2v) is 9.31. The molecular formula is C29H30N8. The maximum atomic E-state index is 9.68. The number of aliphatic imine (C=N–C) groups is 1. The molecule has 1 fully saturated rings. The van der Waals surface area contributed by atoms with Crippen molar-refractivity contribution < 1.29 is 0 Å². The van der Waals surface area contributed by atoms with Gasteiger partial charge in [0.1, 0.15) is 11.9 Å². The Morgan fingerprint density at radius 1 is 1.11 bits per heavy atom. The zero-order chi connectivity index (χ0) is 25.8. The van der Waals surface area contributed by atoms with Crippen molar-refractivity contribution in [1.29, 1.82) is 5.26 Å². The average molecular weight is 491 g/mol. The predicted molar refractivity (Wildman–Crippen MR) is 148 cm³/mol. The summed E-state index contributed by atoms with van der Waals surface area (Å²) in [5, 5.41) is 22.0. The largest absolute Gasteiger partial charge is 0.382 e. The van der Waals surface area contributed by atoms with Gasteiger partial charge in [0.2, 0.25) is 0 Å². The number of nitriles is 1. The number of piperidine rings is 1. The second-order valence-electron chi connectivity index (χ2n) is 9.31. The summed E-state index contributed by atoms with van der Waals surface area (Å²) in [6.45, 7) is 7.69. The van der Waals surface area contributed by atoms with E-state index in [9.17, 15) is 5.26 Å². The predicted octanol–water partition coefficient (Wildman–Crippen LogP) is 5.13. The number of aryl methyl sites for hydroxylation is 1. The van der Waals surface area contributed by atoms with Gasteiger partial charge in [-0.2, -0.15) is 15.5 Å². The normalized spacial score (nSPS) is 15.1. The van der Waals surface area contributed by atoms with Gasteiger partial charge in [0.05, 0.1) is 23.5 Å². The highest BCUT2D eigenvalue weighted by Crippen LogP contribution is 2.29. The van der Waals surface area contributed by atoms with Crippen LogP contribution in [-0.2, 0) is 7.05 Å². The first kappa shape index (κ1) is 24.1. The Kier molecular flexibility index (Phi) is 6.86. The number of aromatic nitrogens is 4. The summed E-state index contributed by atoms with van der Waals surface area (Å²) >= 11 is 0. The number of benzene rings is 1. The number of fused-ring (bicyclic) bond motifs is 1. The van der Waals surface area contributed by atoms with Crippen molar-refractivity contribution in [3.05, 3.63) is 90.3 Å². The highest BCUT2D eigenvalue weighted by atomic mass is 15.2. The Bertz CT molecular complexity index is 1510. The van der Waals surface area contributed by atoms with Gasteiger partial charge in [-0.3, -0.25) is 4.68 Å². The molecule has 1 aromatic carbocycles. The van der Waals surface area contributed by atoms with Crippen LogP contribution < -0.4 is 5.32 Å². The van der Waals surface area contributed by atoms with E-state index in [0.717, 1.165) is 65.2 Å². The van der Waals surface area contributed by atoms with Crippen LogP contribution >= 0.6 is 0 Å².